The first kappa shape index (κ1) is 30.1. The van der Waals surface area contributed by atoms with Crippen LogP contribution in [0.15, 0.2) is 206 Å². The molecule has 52 heavy (non-hydrogen) atoms. The molecule has 0 bridgehead atoms. The summed E-state index contributed by atoms with van der Waals surface area (Å²) in [5.41, 5.74) is 12.4. The fourth-order valence-corrected chi connectivity index (χ4v) is 8.38. The zero-order chi connectivity index (χ0) is 34.4. The van der Waals surface area contributed by atoms with E-state index in [9.17, 15) is 0 Å². The molecule has 0 atom stereocenters. The molecule has 0 aliphatic carbocycles. The molecule has 10 aromatic rings. The van der Waals surface area contributed by atoms with E-state index < -0.39 is 0 Å². The number of benzene rings is 10. The van der Waals surface area contributed by atoms with Crippen molar-refractivity contribution >= 4 is 43.1 Å². The van der Waals surface area contributed by atoms with Crippen LogP contribution in [0.4, 0.5) is 0 Å². The summed E-state index contributed by atoms with van der Waals surface area (Å²) in [6.07, 6.45) is 0. The normalized spacial score (nSPS) is 11.5. The molecule has 0 heterocycles. The Balaban J connectivity index is 1.33. The van der Waals surface area contributed by atoms with Crippen LogP contribution >= 0.6 is 0 Å². The van der Waals surface area contributed by atoms with Crippen molar-refractivity contribution in [3.63, 3.8) is 0 Å². The van der Waals surface area contributed by atoms with Crippen LogP contribution in [-0.2, 0) is 0 Å². The van der Waals surface area contributed by atoms with Crippen LogP contribution in [0.2, 0.25) is 0 Å². The van der Waals surface area contributed by atoms with Crippen LogP contribution in [0.1, 0.15) is 0 Å². The van der Waals surface area contributed by atoms with Gasteiger partial charge in [-0.15, -0.1) is 0 Å². The predicted octanol–water partition coefficient (Wildman–Crippen LogP) is 14.6. The molecule has 0 nitrogen and oxygen atoms in total. The summed E-state index contributed by atoms with van der Waals surface area (Å²) in [7, 11) is 0. The smallest absolute Gasteiger partial charge is 0.00201 e. The van der Waals surface area contributed by atoms with Crippen molar-refractivity contribution in [3.05, 3.63) is 206 Å². The van der Waals surface area contributed by atoms with E-state index >= 15 is 0 Å². The Labute approximate surface area is 303 Å². The quantitative estimate of drug-likeness (QED) is 0.161. The molecule has 0 aliphatic rings. The first-order valence-electron chi connectivity index (χ1n) is 18.0. The number of hydrogen-bond donors (Lipinski definition) is 0. The Morgan fingerprint density at radius 2 is 0.654 bits per heavy atom. The highest BCUT2D eigenvalue weighted by Crippen LogP contribution is 2.47. The van der Waals surface area contributed by atoms with Gasteiger partial charge in [0.25, 0.3) is 0 Å². The second-order valence-corrected chi connectivity index (χ2v) is 13.6. The fourth-order valence-electron chi connectivity index (χ4n) is 8.38. The summed E-state index contributed by atoms with van der Waals surface area (Å²) in [5, 5.41) is 10.0. The van der Waals surface area contributed by atoms with Crippen molar-refractivity contribution in [2.75, 3.05) is 0 Å². The molecular formula is C52H34. The van der Waals surface area contributed by atoms with Crippen molar-refractivity contribution in [2.45, 2.75) is 0 Å². The van der Waals surface area contributed by atoms with Gasteiger partial charge in [-0.1, -0.05) is 200 Å². The van der Waals surface area contributed by atoms with Crippen LogP contribution in [0, 0.1) is 0 Å². The average Bonchev–Trinajstić information content (AvgIpc) is 3.22. The Kier molecular flexibility index (Phi) is 7.25. The zero-order valence-electron chi connectivity index (χ0n) is 28.6. The average molecular weight is 659 g/mol. The topological polar surface area (TPSA) is 0 Å². The third kappa shape index (κ3) is 4.92. The van der Waals surface area contributed by atoms with Crippen LogP contribution in [0.3, 0.4) is 0 Å². The van der Waals surface area contributed by atoms with Gasteiger partial charge in [-0.3, -0.25) is 0 Å². The maximum Gasteiger partial charge on any atom is -0.00201 e. The van der Waals surface area contributed by atoms with E-state index in [1.54, 1.807) is 0 Å². The lowest BCUT2D eigenvalue weighted by molar-refractivity contribution is 1.59. The van der Waals surface area contributed by atoms with Gasteiger partial charge in [0.05, 0.1) is 0 Å². The molecule has 0 N–H and O–H groups in total. The van der Waals surface area contributed by atoms with Crippen molar-refractivity contribution in [1.29, 1.82) is 0 Å². The van der Waals surface area contributed by atoms with Gasteiger partial charge in [-0.2, -0.15) is 0 Å². The minimum absolute atomic E-state index is 1.21. The van der Waals surface area contributed by atoms with Gasteiger partial charge in [-0.25, -0.2) is 0 Å². The van der Waals surface area contributed by atoms with Gasteiger partial charge < -0.3 is 0 Å². The lowest BCUT2D eigenvalue weighted by atomic mass is 9.82. The molecular weight excluding hydrogens is 625 g/mol. The molecule has 0 fully saturated rings. The predicted molar refractivity (Wildman–Crippen MR) is 224 cm³/mol. The van der Waals surface area contributed by atoms with Crippen molar-refractivity contribution in [3.8, 4) is 55.6 Å². The SMILES string of the molecule is c1ccc(-c2ccccc2-c2c(-c3cccc4ccccc34)ccc3ccc(-c4c5ccccc5c(-c5ccccc5)c5ccccc45)cc23)cc1. The Bertz CT molecular complexity index is 2870. The molecule has 0 saturated heterocycles. The summed E-state index contributed by atoms with van der Waals surface area (Å²) < 4.78 is 0. The monoisotopic (exact) mass is 658 g/mol. The highest BCUT2D eigenvalue weighted by molar-refractivity contribution is 6.22. The van der Waals surface area contributed by atoms with Crippen LogP contribution < -0.4 is 0 Å². The fraction of sp³-hybridized carbons (Fsp3) is 0. The van der Waals surface area contributed by atoms with Gasteiger partial charge in [0.15, 0.2) is 0 Å². The number of rotatable bonds is 5. The Morgan fingerprint density at radius 3 is 1.33 bits per heavy atom. The molecule has 0 aliphatic heterocycles. The van der Waals surface area contributed by atoms with Gasteiger partial charge in [-0.05, 0) is 105 Å². The summed E-state index contributed by atoms with van der Waals surface area (Å²) in [6.45, 7) is 0. The minimum atomic E-state index is 1.21. The largest absolute Gasteiger partial charge is 0.0622 e. The maximum absolute atomic E-state index is 2.46. The van der Waals surface area contributed by atoms with E-state index in [2.05, 4.69) is 206 Å². The highest BCUT2D eigenvalue weighted by Gasteiger charge is 2.20. The molecule has 10 rings (SSSR count). The third-order valence-electron chi connectivity index (χ3n) is 10.7. The maximum atomic E-state index is 2.46. The van der Waals surface area contributed by atoms with E-state index in [1.165, 1.54) is 98.7 Å². The number of fused-ring (bicyclic) bond motifs is 4. The van der Waals surface area contributed by atoms with Crippen LogP contribution in [0.25, 0.3) is 98.7 Å². The molecule has 0 heteroatoms. The molecule has 0 saturated carbocycles. The summed E-state index contributed by atoms with van der Waals surface area (Å²) in [5.74, 6) is 0. The van der Waals surface area contributed by atoms with E-state index in [0.717, 1.165) is 0 Å². The molecule has 0 amide bonds. The first-order chi connectivity index (χ1) is 25.8. The van der Waals surface area contributed by atoms with Crippen molar-refractivity contribution in [1.82, 2.24) is 0 Å². The zero-order valence-corrected chi connectivity index (χ0v) is 28.6. The van der Waals surface area contributed by atoms with Gasteiger partial charge in [0.1, 0.15) is 0 Å². The van der Waals surface area contributed by atoms with E-state index in [4.69, 9.17) is 0 Å². The Morgan fingerprint density at radius 1 is 0.192 bits per heavy atom. The van der Waals surface area contributed by atoms with Gasteiger partial charge in [0.2, 0.25) is 0 Å². The van der Waals surface area contributed by atoms with Gasteiger partial charge in [0, 0.05) is 0 Å². The lowest BCUT2D eigenvalue weighted by Crippen LogP contribution is -1.94. The van der Waals surface area contributed by atoms with E-state index in [0.29, 0.717) is 0 Å². The summed E-state index contributed by atoms with van der Waals surface area (Å²) in [6, 6.07) is 75.6. The second kappa shape index (κ2) is 12.5. The first-order valence-corrected chi connectivity index (χ1v) is 18.0. The van der Waals surface area contributed by atoms with Gasteiger partial charge >= 0.3 is 0 Å². The van der Waals surface area contributed by atoms with Crippen molar-refractivity contribution < 1.29 is 0 Å². The molecule has 0 spiro atoms. The van der Waals surface area contributed by atoms with E-state index in [-0.39, 0.29) is 0 Å². The van der Waals surface area contributed by atoms with Crippen molar-refractivity contribution in [2.24, 2.45) is 0 Å². The lowest BCUT2D eigenvalue weighted by Gasteiger charge is -2.21. The molecule has 242 valence electrons. The standard InChI is InChI=1S/C52H34/c1-3-16-35(17-4-1)41-23-9-10-24-43(41)52-48(42-29-15-21-36-18-7-8-22-40(36)42)33-32-37-30-31-39(34-49(37)52)51-46-27-13-11-25-44(46)50(38-19-5-2-6-20-38)45-26-12-14-28-47(45)51/h1-34H. The second-order valence-electron chi connectivity index (χ2n) is 13.6. The molecule has 0 unspecified atom stereocenters. The summed E-state index contributed by atoms with van der Waals surface area (Å²) in [4.78, 5) is 0. The number of hydrogen-bond acceptors (Lipinski definition) is 0. The molecule has 0 radical (unpaired) electrons. The highest BCUT2D eigenvalue weighted by atomic mass is 14.2. The summed E-state index contributed by atoms with van der Waals surface area (Å²) >= 11 is 0. The molecule has 0 aromatic heterocycles. The minimum Gasteiger partial charge on any atom is -0.0622 e. The van der Waals surface area contributed by atoms with E-state index in [1.807, 2.05) is 0 Å². The van der Waals surface area contributed by atoms with Crippen LogP contribution in [0.5, 0.6) is 0 Å². The van der Waals surface area contributed by atoms with Crippen LogP contribution in [-0.4, -0.2) is 0 Å². The molecule has 10 aromatic carbocycles. The third-order valence-corrected chi connectivity index (χ3v) is 10.7. The Hall–Kier alpha value is -6.76.